The van der Waals surface area contributed by atoms with Crippen molar-refractivity contribution in [3.05, 3.63) is 12.3 Å². The number of carbonyl (C=O) groups excluding carboxylic acids is 1. The zero-order chi connectivity index (χ0) is 9.97. The van der Waals surface area contributed by atoms with E-state index in [1.54, 1.807) is 6.20 Å². The molecule has 0 radical (unpaired) electrons. The predicted octanol–water partition coefficient (Wildman–Crippen LogP) is 0.376. The molecule has 0 unspecified atom stereocenters. The van der Waals surface area contributed by atoms with E-state index in [1.165, 1.54) is 0 Å². The van der Waals surface area contributed by atoms with Gasteiger partial charge in [0, 0.05) is 25.6 Å². The van der Waals surface area contributed by atoms with Crippen molar-refractivity contribution in [2.45, 2.75) is 19.4 Å². The van der Waals surface area contributed by atoms with Crippen LogP contribution in [0.25, 0.3) is 0 Å². The predicted molar refractivity (Wildman–Crippen MR) is 53.1 cm³/mol. The maximum atomic E-state index is 11.2. The molecule has 0 bridgehead atoms. The SMILES string of the molecule is CCC(=O)Nc1ccnn1C1CNC1. The highest BCUT2D eigenvalue weighted by atomic mass is 16.1. The summed E-state index contributed by atoms with van der Waals surface area (Å²) in [4.78, 5) is 11.2. The van der Waals surface area contributed by atoms with E-state index in [1.807, 2.05) is 17.7 Å². The molecule has 2 rings (SSSR count). The molecule has 0 spiro atoms. The Morgan fingerprint density at radius 3 is 3.14 bits per heavy atom. The Bertz CT molecular complexity index is 329. The van der Waals surface area contributed by atoms with E-state index in [4.69, 9.17) is 0 Å². The fraction of sp³-hybridized carbons (Fsp3) is 0.556. The average Bonchev–Trinajstić information content (AvgIpc) is 2.50. The van der Waals surface area contributed by atoms with Crippen LogP contribution in [-0.2, 0) is 4.79 Å². The number of aromatic nitrogens is 2. The largest absolute Gasteiger partial charge is 0.312 e. The minimum atomic E-state index is 0.0269. The molecule has 1 aliphatic heterocycles. The lowest BCUT2D eigenvalue weighted by molar-refractivity contribution is -0.115. The third-order valence-electron chi connectivity index (χ3n) is 2.36. The molecule has 1 saturated heterocycles. The summed E-state index contributed by atoms with van der Waals surface area (Å²) in [5, 5.41) is 10.2. The quantitative estimate of drug-likeness (QED) is 0.731. The number of anilines is 1. The number of rotatable bonds is 3. The lowest BCUT2D eigenvalue weighted by Gasteiger charge is -2.28. The third-order valence-corrected chi connectivity index (χ3v) is 2.36. The summed E-state index contributed by atoms with van der Waals surface area (Å²) in [6.07, 6.45) is 2.21. The Labute approximate surface area is 82.5 Å². The van der Waals surface area contributed by atoms with Gasteiger partial charge in [0.1, 0.15) is 5.82 Å². The Balaban J connectivity index is 2.08. The van der Waals surface area contributed by atoms with Crippen molar-refractivity contribution in [2.75, 3.05) is 18.4 Å². The Kier molecular flexibility index (Phi) is 2.49. The molecule has 14 heavy (non-hydrogen) atoms. The number of hydrogen-bond acceptors (Lipinski definition) is 3. The third kappa shape index (κ3) is 1.63. The van der Waals surface area contributed by atoms with Crippen LogP contribution in [0.4, 0.5) is 5.82 Å². The maximum absolute atomic E-state index is 11.2. The van der Waals surface area contributed by atoms with Crippen molar-refractivity contribution < 1.29 is 4.79 Å². The van der Waals surface area contributed by atoms with Crippen LogP contribution in [0.2, 0.25) is 0 Å². The van der Waals surface area contributed by atoms with Crippen molar-refractivity contribution in [2.24, 2.45) is 0 Å². The molecular weight excluding hydrogens is 180 g/mol. The number of carbonyl (C=O) groups is 1. The second kappa shape index (κ2) is 3.79. The van der Waals surface area contributed by atoms with Crippen molar-refractivity contribution >= 4 is 11.7 Å². The normalized spacial score (nSPS) is 16.4. The van der Waals surface area contributed by atoms with Gasteiger partial charge in [0.25, 0.3) is 0 Å². The van der Waals surface area contributed by atoms with Crippen molar-refractivity contribution in [3.8, 4) is 0 Å². The lowest BCUT2D eigenvalue weighted by Crippen LogP contribution is -2.44. The molecule has 0 atom stereocenters. The smallest absolute Gasteiger partial charge is 0.225 e. The van der Waals surface area contributed by atoms with Crippen molar-refractivity contribution in [1.82, 2.24) is 15.1 Å². The van der Waals surface area contributed by atoms with Crippen LogP contribution < -0.4 is 10.6 Å². The first-order valence-corrected chi connectivity index (χ1v) is 4.85. The van der Waals surface area contributed by atoms with E-state index in [2.05, 4.69) is 15.7 Å². The fourth-order valence-electron chi connectivity index (χ4n) is 1.38. The minimum absolute atomic E-state index is 0.0269. The molecule has 2 heterocycles. The second-order valence-electron chi connectivity index (χ2n) is 3.37. The van der Waals surface area contributed by atoms with Crippen LogP contribution in [0.15, 0.2) is 12.3 Å². The maximum Gasteiger partial charge on any atom is 0.225 e. The Hall–Kier alpha value is -1.36. The Morgan fingerprint density at radius 1 is 1.79 bits per heavy atom. The van der Waals surface area contributed by atoms with Gasteiger partial charge in [-0.1, -0.05) is 6.92 Å². The molecule has 5 heteroatoms. The lowest BCUT2D eigenvalue weighted by atomic mass is 10.2. The van der Waals surface area contributed by atoms with Gasteiger partial charge in [-0.25, -0.2) is 4.68 Å². The van der Waals surface area contributed by atoms with Crippen molar-refractivity contribution in [1.29, 1.82) is 0 Å². The fourth-order valence-corrected chi connectivity index (χ4v) is 1.38. The van der Waals surface area contributed by atoms with E-state index in [9.17, 15) is 4.79 Å². The monoisotopic (exact) mass is 194 g/mol. The van der Waals surface area contributed by atoms with Crippen molar-refractivity contribution in [3.63, 3.8) is 0 Å². The van der Waals surface area contributed by atoms with E-state index in [0.717, 1.165) is 18.9 Å². The summed E-state index contributed by atoms with van der Waals surface area (Å²) in [5.41, 5.74) is 0. The molecule has 1 aromatic rings. The molecule has 2 N–H and O–H groups in total. The van der Waals surface area contributed by atoms with Crippen LogP contribution in [0.1, 0.15) is 19.4 Å². The van der Waals surface area contributed by atoms with Gasteiger partial charge < -0.3 is 10.6 Å². The standard InChI is InChI=1S/C9H14N4O/c1-2-9(14)12-8-3-4-11-13(8)7-5-10-6-7/h3-4,7,10H,2,5-6H2,1H3,(H,12,14). The topological polar surface area (TPSA) is 59.0 Å². The zero-order valence-corrected chi connectivity index (χ0v) is 8.16. The molecule has 1 aliphatic rings. The number of amides is 1. The van der Waals surface area contributed by atoms with Crippen LogP contribution in [0.3, 0.4) is 0 Å². The van der Waals surface area contributed by atoms with E-state index in [-0.39, 0.29) is 5.91 Å². The van der Waals surface area contributed by atoms with Gasteiger partial charge in [0.05, 0.1) is 12.2 Å². The highest BCUT2D eigenvalue weighted by Gasteiger charge is 2.21. The molecule has 76 valence electrons. The van der Waals surface area contributed by atoms with E-state index < -0.39 is 0 Å². The molecule has 5 nitrogen and oxygen atoms in total. The van der Waals surface area contributed by atoms with Gasteiger partial charge in [0.15, 0.2) is 0 Å². The number of hydrogen-bond donors (Lipinski definition) is 2. The highest BCUT2D eigenvalue weighted by Crippen LogP contribution is 2.17. The zero-order valence-electron chi connectivity index (χ0n) is 8.16. The van der Waals surface area contributed by atoms with Gasteiger partial charge >= 0.3 is 0 Å². The second-order valence-corrected chi connectivity index (χ2v) is 3.37. The molecule has 1 amide bonds. The first-order chi connectivity index (χ1) is 6.81. The van der Waals surface area contributed by atoms with Gasteiger partial charge in [-0.15, -0.1) is 0 Å². The summed E-state index contributed by atoms with van der Waals surface area (Å²) in [6, 6.07) is 2.21. The summed E-state index contributed by atoms with van der Waals surface area (Å²) in [5.74, 6) is 0.822. The van der Waals surface area contributed by atoms with E-state index >= 15 is 0 Å². The molecule has 0 aromatic carbocycles. The number of nitrogens with zero attached hydrogens (tertiary/aromatic N) is 2. The molecular formula is C9H14N4O. The summed E-state index contributed by atoms with van der Waals surface area (Å²) in [6.45, 7) is 3.69. The van der Waals surface area contributed by atoms with Gasteiger partial charge in [-0.05, 0) is 0 Å². The Morgan fingerprint density at radius 2 is 2.57 bits per heavy atom. The molecule has 1 aromatic heterocycles. The van der Waals surface area contributed by atoms with Crippen LogP contribution in [0, 0.1) is 0 Å². The number of nitrogens with one attached hydrogen (secondary N) is 2. The van der Waals surface area contributed by atoms with Crippen LogP contribution in [-0.4, -0.2) is 28.8 Å². The van der Waals surface area contributed by atoms with E-state index in [0.29, 0.717) is 12.5 Å². The minimum Gasteiger partial charge on any atom is -0.312 e. The average molecular weight is 194 g/mol. The first kappa shape index (κ1) is 9.21. The highest BCUT2D eigenvalue weighted by molar-refractivity contribution is 5.89. The molecule has 1 fully saturated rings. The van der Waals surface area contributed by atoms with Gasteiger partial charge in [-0.2, -0.15) is 5.10 Å². The molecule has 0 saturated carbocycles. The molecule has 0 aliphatic carbocycles. The van der Waals surface area contributed by atoms with Crippen LogP contribution in [0.5, 0.6) is 0 Å². The van der Waals surface area contributed by atoms with Gasteiger partial charge in [-0.3, -0.25) is 4.79 Å². The summed E-state index contributed by atoms with van der Waals surface area (Å²) < 4.78 is 1.87. The summed E-state index contributed by atoms with van der Waals surface area (Å²) >= 11 is 0. The van der Waals surface area contributed by atoms with Gasteiger partial charge in [0.2, 0.25) is 5.91 Å². The first-order valence-electron chi connectivity index (χ1n) is 4.85. The van der Waals surface area contributed by atoms with Crippen LogP contribution >= 0.6 is 0 Å². The summed E-state index contributed by atoms with van der Waals surface area (Å²) in [7, 11) is 0.